The molecule has 0 bridgehead atoms. The highest BCUT2D eigenvalue weighted by atomic mass is 16.5. The van der Waals surface area contributed by atoms with Gasteiger partial charge in [0.1, 0.15) is 39.7 Å². The lowest BCUT2D eigenvalue weighted by Crippen LogP contribution is -2.01. The van der Waals surface area contributed by atoms with E-state index in [1.165, 1.54) is 25.3 Å². The SMILES string of the molecule is COc1ccc(O)c(-c2cc(=O)c3c(O)cc(O)cc3o2)c1. The molecule has 6 heteroatoms. The topological polar surface area (TPSA) is 100 Å². The maximum absolute atomic E-state index is 12.2. The molecule has 0 aliphatic rings. The van der Waals surface area contributed by atoms with Gasteiger partial charge in [-0.15, -0.1) is 0 Å². The highest BCUT2D eigenvalue weighted by molar-refractivity contribution is 5.86. The minimum absolute atomic E-state index is 0.0159. The summed E-state index contributed by atoms with van der Waals surface area (Å²) < 4.78 is 10.6. The van der Waals surface area contributed by atoms with Crippen LogP contribution in [-0.2, 0) is 0 Å². The summed E-state index contributed by atoms with van der Waals surface area (Å²) in [7, 11) is 1.47. The number of aromatic hydroxyl groups is 3. The molecular weight excluding hydrogens is 288 g/mol. The summed E-state index contributed by atoms with van der Waals surface area (Å²) in [5.41, 5.74) is -0.209. The highest BCUT2D eigenvalue weighted by Gasteiger charge is 2.14. The van der Waals surface area contributed by atoms with Crippen molar-refractivity contribution in [2.75, 3.05) is 7.11 Å². The van der Waals surface area contributed by atoms with Crippen LogP contribution in [0, 0.1) is 0 Å². The third-order valence-corrected chi connectivity index (χ3v) is 3.26. The van der Waals surface area contributed by atoms with Crippen molar-refractivity contribution in [3.8, 4) is 34.3 Å². The Morgan fingerprint density at radius 3 is 2.50 bits per heavy atom. The molecule has 3 N–H and O–H groups in total. The summed E-state index contributed by atoms with van der Waals surface area (Å²) in [5, 5.41) is 29.2. The molecule has 112 valence electrons. The fourth-order valence-electron chi connectivity index (χ4n) is 2.23. The number of fused-ring (bicyclic) bond motifs is 1. The zero-order valence-electron chi connectivity index (χ0n) is 11.5. The Morgan fingerprint density at radius 1 is 1.00 bits per heavy atom. The second-order valence-corrected chi connectivity index (χ2v) is 4.70. The van der Waals surface area contributed by atoms with Crippen LogP contribution in [0.5, 0.6) is 23.0 Å². The smallest absolute Gasteiger partial charge is 0.197 e. The van der Waals surface area contributed by atoms with Crippen molar-refractivity contribution in [3.05, 3.63) is 46.6 Å². The molecule has 0 fully saturated rings. The fourth-order valence-corrected chi connectivity index (χ4v) is 2.23. The molecule has 0 atom stereocenters. The summed E-state index contributed by atoms with van der Waals surface area (Å²) in [4.78, 5) is 12.2. The summed E-state index contributed by atoms with van der Waals surface area (Å²) in [5.74, 6) is -0.119. The molecule has 3 rings (SSSR count). The van der Waals surface area contributed by atoms with Gasteiger partial charge in [0.25, 0.3) is 0 Å². The number of ether oxygens (including phenoxy) is 1. The number of methoxy groups -OCH3 is 1. The minimum atomic E-state index is -0.490. The first-order chi connectivity index (χ1) is 10.5. The van der Waals surface area contributed by atoms with Crippen LogP contribution in [0.2, 0.25) is 0 Å². The first-order valence-electron chi connectivity index (χ1n) is 6.37. The minimum Gasteiger partial charge on any atom is -0.508 e. The Labute approximate surface area is 124 Å². The zero-order chi connectivity index (χ0) is 15.9. The van der Waals surface area contributed by atoms with E-state index in [9.17, 15) is 20.1 Å². The molecule has 0 spiro atoms. The third kappa shape index (κ3) is 2.20. The van der Waals surface area contributed by atoms with E-state index >= 15 is 0 Å². The van der Waals surface area contributed by atoms with Crippen LogP contribution in [0.1, 0.15) is 0 Å². The van der Waals surface area contributed by atoms with E-state index in [-0.39, 0.29) is 39.5 Å². The van der Waals surface area contributed by atoms with E-state index in [1.54, 1.807) is 6.07 Å². The molecule has 0 amide bonds. The van der Waals surface area contributed by atoms with Crippen molar-refractivity contribution in [3.63, 3.8) is 0 Å². The van der Waals surface area contributed by atoms with E-state index < -0.39 is 5.43 Å². The van der Waals surface area contributed by atoms with Gasteiger partial charge in [-0.05, 0) is 18.2 Å². The molecule has 0 aliphatic carbocycles. The van der Waals surface area contributed by atoms with E-state index in [0.29, 0.717) is 5.75 Å². The van der Waals surface area contributed by atoms with Gasteiger partial charge in [0, 0.05) is 18.2 Å². The molecule has 6 nitrogen and oxygen atoms in total. The van der Waals surface area contributed by atoms with Crippen molar-refractivity contribution in [2.45, 2.75) is 0 Å². The second-order valence-electron chi connectivity index (χ2n) is 4.70. The van der Waals surface area contributed by atoms with Crippen LogP contribution >= 0.6 is 0 Å². The van der Waals surface area contributed by atoms with Crippen molar-refractivity contribution < 1.29 is 24.5 Å². The summed E-state index contributed by atoms with van der Waals surface area (Å²) in [6.07, 6.45) is 0. The van der Waals surface area contributed by atoms with Crippen LogP contribution in [-0.4, -0.2) is 22.4 Å². The van der Waals surface area contributed by atoms with Gasteiger partial charge in [0.05, 0.1) is 12.7 Å². The number of benzene rings is 2. The van der Waals surface area contributed by atoms with Gasteiger partial charge in [-0.3, -0.25) is 4.79 Å². The maximum atomic E-state index is 12.2. The van der Waals surface area contributed by atoms with E-state index in [0.717, 1.165) is 12.1 Å². The Balaban J connectivity index is 2.31. The summed E-state index contributed by atoms with van der Waals surface area (Å²) in [6, 6.07) is 7.93. The van der Waals surface area contributed by atoms with Gasteiger partial charge >= 0.3 is 0 Å². The molecule has 2 aromatic carbocycles. The monoisotopic (exact) mass is 300 g/mol. The van der Waals surface area contributed by atoms with Crippen molar-refractivity contribution in [1.82, 2.24) is 0 Å². The standard InChI is InChI=1S/C16H12O6/c1-21-9-2-3-11(18)10(6-9)14-7-13(20)16-12(19)4-8(17)5-15(16)22-14/h2-7,17-19H,1H3. The molecule has 3 aromatic rings. The summed E-state index contributed by atoms with van der Waals surface area (Å²) in [6.45, 7) is 0. The summed E-state index contributed by atoms with van der Waals surface area (Å²) >= 11 is 0. The Bertz CT molecular complexity index is 926. The lowest BCUT2D eigenvalue weighted by Gasteiger charge is -2.08. The highest BCUT2D eigenvalue weighted by Crippen LogP contribution is 2.35. The number of hydrogen-bond acceptors (Lipinski definition) is 6. The predicted molar refractivity (Wildman–Crippen MR) is 79.5 cm³/mol. The van der Waals surface area contributed by atoms with Crippen LogP contribution in [0.15, 0.2) is 45.6 Å². The third-order valence-electron chi connectivity index (χ3n) is 3.26. The fraction of sp³-hybridized carbons (Fsp3) is 0.0625. The zero-order valence-corrected chi connectivity index (χ0v) is 11.5. The number of hydrogen-bond donors (Lipinski definition) is 3. The normalized spacial score (nSPS) is 10.8. The molecular formula is C16H12O6. The van der Waals surface area contributed by atoms with Gasteiger partial charge in [0.2, 0.25) is 0 Å². The van der Waals surface area contributed by atoms with Crippen LogP contribution in [0.4, 0.5) is 0 Å². The van der Waals surface area contributed by atoms with Crippen LogP contribution in [0.25, 0.3) is 22.3 Å². The second kappa shape index (κ2) is 5.00. The van der Waals surface area contributed by atoms with E-state index in [4.69, 9.17) is 9.15 Å². The molecule has 0 radical (unpaired) electrons. The van der Waals surface area contributed by atoms with Crippen molar-refractivity contribution in [1.29, 1.82) is 0 Å². The average Bonchev–Trinajstić information content (AvgIpc) is 2.46. The Kier molecular flexibility index (Phi) is 3.14. The first-order valence-corrected chi connectivity index (χ1v) is 6.37. The number of phenols is 3. The van der Waals surface area contributed by atoms with Gasteiger partial charge in [0.15, 0.2) is 5.43 Å². The van der Waals surface area contributed by atoms with Gasteiger partial charge < -0.3 is 24.5 Å². The van der Waals surface area contributed by atoms with Gasteiger partial charge in [-0.25, -0.2) is 0 Å². The van der Waals surface area contributed by atoms with Crippen molar-refractivity contribution >= 4 is 11.0 Å². The molecule has 22 heavy (non-hydrogen) atoms. The number of phenolic OH excluding ortho intramolecular Hbond substituents is 3. The van der Waals surface area contributed by atoms with Crippen molar-refractivity contribution in [2.24, 2.45) is 0 Å². The lowest BCUT2D eigenvalue weighted by atomic mass is 10.1. The predicted octanol–water partition coefficient (Wildman–Crippen LogP) is 2.59. The molecule has 0 aliphatic heterocycles. The molecule has 0 saturated carbocycles. The largest absolute Gasteiger partial charge is 0.508 e. The molecule has 0 saturated heterocycles. The number of rotatable bonds is 2. The lowest BCUT2D eigenvalue weighted by molar-refractivity contribution is 0.412. The maximum Gasteiger partial charge on any atom is 0.197 e. The first kappa shape index (κ1) is 13.8. The Morgan fingerprint density at radius 2 is 1.77 bits per heavy atom. The molecule has 0 unspecified atom stereocenters. The average molecular weight is 300 g/mol. The molecule has 1 heterocycles. The van der Waals surface area contributed by atoms with E-state index in [2.05, 4.69) is 0 Å². The van der Waals surface area contributed by atoms with Gasteiger partial charge in [-0.2, -0.15) is 0 Å². The van der Waals surface area contributed by atoms with Crippen LogP contribution < -0.4 is 10.2 Å². The van der Waals surface area contributed by atoms with Crippen LogP contribution in [0.3, 0.4) is 0 Å². The molecule has 1 aromatic heterocycles. The van der Waals surface area contributed by atoms with E-state index in [1.807, 2.05) is 0 Å². The quantitative estimate of drug-likeness (QED) is 0.672. The van der Waals surface area contributed by atoms with Gasteiger partial charge in [-0.1, -0.05) is 0 Å². The Hall–Kier alpha value is -3.15.